The fourth-order valence-electron chi connectivity index (χ4n) is 1.66. The molecule has 0 radical (unpaired) electrons. The van der Waals surface area contributed by atoms with E-state index in [1.165, 1.54) is 0 Å². The average Bonchev–Trinajstić information content (AvgIpc) is 2.74. The number of carbonyl (C=O) groups excluding carboxylic acids is 1. The second-order valence-corrected chi connectivity index (χ2v) is 3.88. The van der Waals surface area contributed by atoms with Gasteiger partial charge in [0.25, 0.3) is 0 Å². The molecule has 0 saturated carbocycles. The van der Waals surface area contributed by atoms with Gasteiger partial charge in [-0.2, -0.15) is 0 Å². The van der Waals surface area contributed by atoms with E-state index in [4.69, 9.17) is 10.5 Å². The van der Waals surface area contributed by atoms with Gasteiger partial charge in [0.1, 0.15) is 0 Å². The number of rotatable bonds is 3. The zero-order valence-corrected chi connectivity index (χ0v) is 8.93. The lowest BCUT2D eigenvalue weighted by Crippen LogP contribution is -2.40. The van der Waals surface area contributed by atoms with Crippen LogP contribution in [0.25, 0.3) is 0 Å². The van der Waals surface area contributed by atoms with Crippen LogP contribution in [0.5, 0.6) is 0 Å². The highest BCUT2D eigenvalue weighted by Gasteiger charge is 2.30. The van der Waals surface area contributed by atoms with Crippen LogP contribution in [0.1, 0.15) is 5.56 Å². The lowest BCUT2D eigenvalue weighted by atomic mass is 10.0. The molecule has 0 aliphatic carbocycles. The first-order chi connectivity index (χ1) is 7.77. The van der Waals surface area contributed by atoms with Gasteiger partial charge in [-0.05, 0) is 17.7 Å². The third-order valence-corrected chi connectivity index (χ3v) is 2.68. The number of ether oxygens (including phenoxy) is 1. The zero-order chi connectivity index (χ0) is 11.4. The smallest absolute Gasteiger partial charge is 0.227 e. The fraction of sp³-hybridized carbons (Fsp3) is 0.455. The molecule has 0 aromatic carbocycles. The molecule has 2 atom stereocenters. The molecular formula is C11H15N3O2. The van der Waals surface area contributed by atoms with E-state index in [1.54, 1.807) is 12.4 Å². The van der Waals surface area contributed by atoms with Gasteiger partial charge in [0.05, 0.1) is 19.1 Å². The van der Waals surface area contributed by atoms with Gasteiger partial charge >= 0.3 is 0 Å². The first kappa shape index (κ1) is 11.0. The minimum atomic E-state index is -0.221. The summed E-state index contributed by atoms with van der Waals surface area (Å²) in [6, 6.07) is 3.55. The van der Waals surface area contributed by atoms with Crippen LogP contribution in [-0.4, -0.2) is 30.1 Å². The number of nitrogens with two attached hydrogens (primary N) is 1. The highest BCUT2D eigenvalue weighted by atomic mass is 16.5. The van der Waals surface area contributed by atoms with E-state index in [2.05, 4.69) is 10.3 Å². The standard InChI is InChI=1S/C11H15N3O2/c12-10-7-16-6-9(10)11(15)14-5-8-1-3-13-4-2-8/h1-4,9-10H,5-7,12H2,(H,14,15). The minimum Gasteiger partial charge on any atom is -0.379 e. The van der Waals surface area contributed by atoms with Crippen molar-refractivity contribution in [3.8, 4) is 0 Å². The molecule has 1 fully saturated rings. The number of amides is 1. The summed E-state index contributed by atoms with van der Waals surface area (Å²) in [5.41, 5.74) is 6.78. The summed E-state index contributed by atoms with van der Waals surface area (Å²) in [5, 5.41) is 2.84. The summed E-state index contributed by atoms with van der Waals surface area (Å²) >= 11 is 0. The van der Waals surface area contributed by atoms with Crippen molar-refractivity contribution >= 4 is 5.91 Å². The first-order valence-electron chi connectivity index (χ1n) is 5.27. The summed E-state index contributed by atoms with van der Waals surface area (Å²) in [7, 11) is 0. The summed E-state index contributed by atoms with van der Waals surface area (Å²) in [4.78, 5) is 15.7. The van der Waals surface area contributed by atoms with Crippen LogP contribution in [-0.2, 0) is 16.1 Å². The second kappa shape index (κ2) is 5.05. The lowest BCUT2D eigenvalue weighted by molar-refractivity contribution is -0.125. The van der Waals surface area contributed by atoms with Gasteiger partial charge in [0, 0.05) is 25.0 Å². The maximum Gasteiger partial charge on any atom is 0.227 e. The third kappa shape index (κ3) is 2.56. The zero-order valence-electron chi connectivity index (χ0n) is 8.93. The Labute approximate surface area is 94.0 Å². The van der Waals surface area contributed by atoms with Crippen LogP contribution in [0.4, 0.5) is 0 Å². The lowest BCUT2D eigenvalue weighted by Gasteiger charge is -2.13. The molecule has 1 aliphatic rings. The largest absolute Gasteiger partial charge is 0.379 e. The highest BCUT2D eigenvalue weighted by Crippen LogP contribution is 2.11. The van der Waals surface area contributed by atoms with E-state index in [1.807, 2.05) is 12.1 Å². The van der Waals surface area contributed by atoms with Crippen molar-refractivity contribution in [1.29, 1.82) is 0 Å². The minimum absolute atomic E-state index is 0.0400. The van der Waals surface area contributed by atoms with E-state index in [0.717, 1.165) is 5.56 Å². The molecule has 1 aromatic rings. The van der Waals surface area contributed by atoms with Crippen LogP contribution < -0.4 is 11.1 Å². The Bertz CT molecular complexity index is 356. The van der Waals surface area contributed by atoms with Gasteiger partial charge in [0.2, 0.25) is 5.91 Å². The monoisotopic (exact) mass is 221 g/mol. The number of hydrogen-bond donors (Lipinski definition) is 2. The molecule has 16 heavy (non-hydrogen) atoms. The van der Waals surface area contributed by atoms with Gasteiger partial charge in [-0.1, -0.05) is 0 Å². The predicted molar refractivity (Wildman–Crippen MR) is 58.4 cm³/mol. The summed E-state index contributed by atoms with van der Waals surface area (Å²) in [6.07, 6.45) is 3.40. The Hall–Kier alpha value is -1.46. The van der Waals surface area contributed by atoms with Gasteiger partial charge in [-0.25, -0.2) is 0 Å². The molecule has 0 spiro atoms. The normalized spacial score (nSPS) is 24.3. The molecule has 5 heteroatoms. The van der Waals surface area contributed by atoms with Crippen LogP contribution in [0.3, 0.4) is 0 Å². The van der Waals surface area contributed by atoms with E-state index in [-0.39, 0.29) is 17.9 Å². The second-order valence-electron chi connectivity index (χ2n) is 3.88. The Balaban J connectivity index is 1.84. The molecule has 2 heterocycles. The molecule has 86 valence electrons. The first-order valence-corrected chi connectivity index (χ1v) is 5.27. The van der Waals surface area contributed by atoms with Crippen LogP contribution in [0, 0.1) is 5.92 Å². The van der Waals surface area contributed by atoms with Crippen molar-refractivity contribution in [2.75, 3.05) is 13.2 Å². The topological polar surface area (TPSA) is 77.2 Å². The Morgan fingerprint density at radius 2 is 2.25 bits per heavy atom. The van der Waals surface area contributed by atoms with Crippen LogP contribution >= 0.6 is 0 Å². The Morgan fingerprint density at radius 3 is 2.88 bits per heavy atom. The van der Waals surface area contributed by atoms with Gasteiger partial charge < -0.3 is 15.8 Å². The summed E-state index contributed by atoms with van der Waals surface area (Å²) < 4.78 is 5.15. The predicted octanol–water partition coefficient (Wildman–Crippen LogP) is -0.328. The van der Waals surface area contributed by atoms with Gasteiger partial charge in [-0.15, -0.1) is 0 Å². The van der Waals surface area contributed by atoms with E-state index < -0.39 is 0 Å². The Kier molecular flexibility index (Phi) is 3.48. The quantitative estimate of drug-likeness (QED) is 0.732. The maximum atomic E-state index is 11.7. The SMILES string of the molecule is NC1COCC1C(=O)NCc1ccncc1. The molecule has 0 bridgehead atoms. The van der Waals surface area contributed by atoms with Crippen molar-refractivity contribution in [2.24, 2.45) is 11.7 Å². The molecule has 1 aliphatic heterocycles. The summed E-state index contributed by atoms with van der Waals surface area (Å²) in [6.45, 7) is 1.39. The number of carbonyl (C=O) groups is 1. The van der Waals surface area contributed by atoms with Crippen LogP contribution in [0.2, 0.25) is 0 Å². The number of hydrogen-bond acceptors (Lipinski definition) is 4. The highest BCUT2D eigenvalue weighted by molar-refractivity contribution is 5.79. The fourth-order valence-corrected chi connectivity index (χ4v) is 1.66. The molecule has 3 N–H and O–H groups in total. The van der Waals surface area contributed by atoms with Crippen LogP contribution in [0.15, 0.2) is 24.5 Å². The number of nitrogens with zero attached hydrogens (tertiary/aromatic N) is 1. The molecular weight excluding hydrogens is 206 g/mol. The maximum absolute atomic E-state index is 11.7. The molecule has 1 aromatic heterocycles. The molecule has 1 saturated heterocycles. The van der Waals surface area contributed by atoms with Crippen molar-refractivity contribution in [3.05, 3.63) is 30.1 Å². The van der Waals surface area contributed by atoms with E-state index in [0.29, 0.717) is 19.8 Å². The van der Waals surface area contributed by atoms with E-state index >= 15 is 0 Å². The van der Waals surface area contributed by atoms with Gasteiger partial charge in [-0.3, -0.25) is 9.78 Å². The Morgan fingerprint density at radius 1 is 1.50 bits per heavy atom. The van der Waals surface area contributed by atoms with Crippen molar-refractivity contribution in [2.45, 2.75) is 12.6 Å². The third-order valence-electron chi connectivity index (χ3n) is 2.68. The van der Waals surface area contributed by atoms with Crippen molar-refractivity contribution < 1.29 is 9.53 Å². The molecule has 1 amide bonds. The molecule has 2 rings (SSSR count). The summed E-state index contributed by atoms with van der Waals surface area (Å²) in [5.74, 6) is -0.261. The molecule has 5 nitrogen and oxygen atoms in total. The number of pyridine rings is 1. The van der Waals surface area contributed by atoms with Gasteiger partial charge in [0.15, 0.2) is 0 Å². The number of nitrogens with one attached hydrogen (secondary N) is 1. The van der Waals surface area contributed by atoms with Crippen molar-refractivity contribution in [1.82, 2.24) is 10.3 Å². The molecule has 2 unspecified atom stereocenters. The number of aromatic nitrogens is 1. The van der Waals surface area contributed by atoms with Crippen molar-refractivity contribution in [3.63, 3.8) is 0 Å². The van der Waals surface area contributed by atoms with E-state index in [9.17, 15) is 4.79 Å². The average molecular weight is 221 g/mol.